The van der Waals surface area contributed by atoms with E-state index in [9.17, 15) is 0 Å². The molecule has 1 unspecified atom stereocenters. The Bertz CT molecular complexity index is 310. The van der Waals surface area contributed by atoms with Crippen molar-refractivity contribution >= 4 is 5.95 Å². The number of nitrogens with one attached hydrogen (secondary N) is 2. The number of anilines is 1. The van der Waals surface area contributed by atoms with Crippen LogP contribution in [0.15, 0.2) is 0 Å². The van der Waals surface area contributed by atoms with Gasteiger partial charge in [0.1, 0.15) is 5.82 Å². The maximum Gasteiger partial charge on any atom is 0.245 e. The Balaban J connectivity index is 2.90. The third kappa shape index (κ3) is 2.72. The maximum absolute atomic E-state index is 4.52. The lowest BCUT2D eigenvalue weighted by atomic mass is 10.2. The van der Waals surface area contributed by atoms with E-state index in [2.05, 4.69) is 60.0 Å². The summed E-state index contributed by atoms with van der Waals surface area (Å²) in [5, 5.41) is 10.4. The van der Waals surface area contributed by atoms with Gasteiger partial charge < -0.3 is 10.2 Å². The number of H-pyrrole nitrogens is 1. The van der Waals surface area contributed by atoms with E-state index in [1.54, 1.807) is 0 Å². The Morgan fingerprint density at radius 1 is 1.12 bits per heavy atom. The van der Waals surface area contributed by atoms with E-state index >= 15 is 0 Å². The minimum Gasteiger partial charge on any atom is -0.335 e. The van der Waals surface area contributed by atoms with Crippen molar-refractivity contribution in [2.75, 3.05) is 11.9 Å². The first-order valence-corrected chi connectivity index (χ1v) is 5.85. The van der Waals surface area contributed by atoms with Crippen molar-refractivity contribution in [2.24, 2.45) is 0 Å². The Morgan fingerprint density at radius 2 is 1.69 bits per heavy atom. The summed E-state index contributed by atoms with van der Waals surface area (Å²) in [6.07, 6.45) is 0. The molecule has 0 aliphatic rings. The number of aromatic amines is 1. The fourth-order valence-corrected chi connectivity index (χ4v) is 1.77. The average Bonchev–Trinajstić information content (AvgIpc) is 2.64. The van der Waals surface area contributed by atoms with Crippen LogP contribution < -0.4 is 10.2 Å². The zero-order valence-electron chi connectivity index (χ0n) is 11.1. The van der Waals surface area contributed by atoms with Gasteiger partial charge in [0.25, 0.3) is 0 Å². The van der Waals surface area contributed by atoms with Crippen LogP contribution in [-0.2, 0) is 0 Å². The Hall–Kier alpha value is -1.10. The van der Waals surface area contributed by atoms with Gasteiger partial charge in [-0.25, -0.2) is 0 Å². The molecule has 16 heavy (non-hydrogen) atoms. The summed E-state index contributed by atoms with van der Waals surface area (Å²) in [4.78, 5) is 6.72. The molecule has 2 N–H and O–H groups in total. The lowest BCUT2D eigenvalue weighted by Crippen LogP contribution is -2.37. The Labute approximate surface area is 97.6 Å². The average molecular weight is 225 g/mol. The van der Waals surface area contributed by atoms with Crippen LogP contribution in [0.3, 0.4) is 0 Å². The van der Waals surface area contributed by atoms with Crippen molar-refractivity contribution in [2.45, 2.75) is 52.7 Å². The molecule has 5 nitrogen and oxygen atoms in total. The highest BCUT2D eigenvalue weighted by atomic mass is 15.4. The number of hydrogen-bond donors (Lipinski definition) is 2. The Morgan fingerprint density at radius 3 is 2.12 bits per heavy atom. The van der Waals surface area contributed by atoms with Crippen LogP contribution in [0.5, 0.6) is 0 Å². The summed E-state index contributed by atoms with van der Waals surface area (Å²) in [6.45, 7) is 10.7. The molecule has 1 heterocycles. The normalized spacial score (nSPS) is 13.5. The SMILES string of the molecule is CNC(C)c1nc(N(C(C)C)C(C)C)n[nH]1. The van der Waals surface area contributed by atoms with E-state index in [-0.39, 0.29) is 6.04 Å². The van der Waals surface area contributed by atoms with Crippen LogP contribution >= 0.6 is 0 Å². The van der Waals surface area contributed by atoms with E-state index in [4.69, 9.17) is 0 Å². The first-order valence-electron chi connectivity index (χ1n) is 5.85. The second kappa shape index (κ2) is 5.30. The summed E-state index contributed by atoms with van der Waals surface area (Å²) < 4.78 is 0. The molecule has 0 aromatic carbocycles. The fraction of sp³-hybridized carbons (Fsp3) is 0.818. The number of rotatable bonds is 5. The molecule has 92 valence electrons. The standard InChI is InChI=1S/C11H23N5/c1-7(2)16(8(3)4)11-13-10(14-15-11)9(5)12-6/h7-9,12H,1-6H3,(H,13,14,15). The zero-order chi connectivity index (χ0) is 12.3. The van der Waals surface area contributed by atoms with E-state index in [1.165, 1.54) is 0 Å². The molecule has 0 radical (unpaired) electrons. The van der Waals surface area contributed by atoms with Crippen molar-refractivity contribution in [1.29, 1.82) is 0 Å². The van der Waals surface area contributed by atoms with Crippen molar-refractivity contribution in [3.8, 4) is 0 Å². The van der Waals surface area contributed by atoms with Gasteiger partial charge in [0.2, 0.25) is 5.95 Å². The quantitative estimate of drug-likeness (QED) is 0.801. The summed E-state index contributed by atoms with van der Waals surface area (Å²) in [5.41, 5.74) is 0. The van der Waals surface area contributed by atoms with Gasteiger partial charge in [-0.1, -0.05) is 0 Å². The molecular formula is C11H23N5. The molecule has 0 aliphatic carbocycles. The molecule has 1 aromatic rings. The number of nitrogens with zero attached hydrogens (tertiary/aromatic N) is 3. The van der Waals surface area contributed by atoms with Gasteiger partial charge in [-0.15, -0.1) is 5.10 Å². The van der Waals surface area contributed by atoms with Gasteiger partial charge >= 0.3 is 0 Å². The van der Waals surface area contributed by atoms with E-state index in [0.717, 1.165) is 11.8 Å². The summed E-state index contributed by atoms with van der Waals surface area (Å²) in [5.74, 6) is 1.66. The van der Waals surface area contributed by atoms with Crippen LogP contribution in [0.1, 0.15) is 46.5 Å². The Kier molecular flexibility index (Phi) is 4.29. The minimum atomic E-state index is 0.197. The summed E-state index contributed by atoms with van der Waals surface area (Å²) >= 11 is 0. The smallest absolute Gasteiger partial charge is 0.245 e. The summed E-state index contributed by atoms with van der Waals surface area (Å²) in [6, 6.07) is 0.990. The highest BCUT2D eigenvalue weighted by Gasteiger charge is 2.19. The fourth-order valence-electron chi connectivity index (χ4n) is 1.77. The van der Waals surface area contributed by atoms with Gasteiger partial charge in [-0.2, -0.15) is 4.98 Å². The molecule has 1 aromatic heterocycles. The van der Waals surface area contributed by atoms with Crippen molar-refractivity contribution in [3.05, 3.63) is 5.82 Å². The molecule has 0 bridgehead atoms. The largest absolute Gasteiger partial charge is 0.335 e. The maximum atomic E-state index is 4.52. The summed E-state index contributed by atoms with van der Waals surface area (Å²) in [7, 11) is 1.91. The van der Waals surface area contributed by atoms with E-state index in [1.807, 2.05) is 7.05 Å². The lowest BCUT2D eigenvalue weighted by molar-refractivity contribution is 0.589. The van der Waals surface area contributed by atoms with Gasteiger partial charge in [0.15, 0.2) is 0 Å². The van der Waals surface area contributed by atoms with Gasteiger partial charge in [0.05, 0.1) is 6.04 Å². The van der Waals surface area contributed by atoms with Crippen LogP contribution in [-0.4, -0.2) is 34.3 Å². The van der Waals surface area contributed by atoms with Crippen LogP contribution in [0.4, 0.5) is 5.95 Å². The van der Waals surface area contributed by atoms with E-state index < -0.39 is 0 Å². The van der Waals surface area contributed by atoms with Gasteiger partial charge in [-0.05, 0) is 41.7 Å². The lowest BCUT2D eigenvalue weighted by Gasteiger charge is -2.29. The predicted octanol–water partition coefficient (Wildman–Crippen LogP) is 1.71. The zero-order valence-corrected chi connectivity index (χ0v) is 11.1. The van der Waals surface area contributed by atoms with Crippen LogP contribution in [0.2, 0.25) is 0 Å². The molecule has 1 atom stereocenters. The minimum absolute atomic E-state index is 0.197. The molecular weight excluding hydrogens is 202 g/mol. The first kappa shape index (κ1) is 13.0. The third-order valence-corrected chi connectivity index (χ3v) is 2.68. The molecule has 0 saturated heterocycles. The second-order valence-electron chi connectivity index (χ2n) is 4.63. The topological polar surface area (TPSA) is 56.8 Å². The molecule has 1 rings (SSSR count). The molecule has 0 aliphatic heterocycles. The highest BCUT2D eigenvalue weighted by Crippen LogP contribution is 2.16. The molecule has 5 heteroatoms. The monoisotopic (exact) mass is 225 g/mol. The first-order chi connectivity index (χ1) is 7.47. The molecule has 0 saturated carbocycles. The van der Waals surface area contributed by atoms with Gasteiger partial charge in [-0.3, -0.25) is 5.10 Å². The van der Waals surface area contributed by atoms with Crippen molar-refractivity contribution < 1.29 is 0 Å². The third-order valence-electron chi connectivity index (χ3n) is 2.68. The van der Waals surface area contributed by atoms with E-state index in [0.29, 0.717) is 12.1 Å². The number of aromatic nitrogens is 3. The molecule has 0 spiro atoms. The van der Waals surface area contributed by atoms with Gasteiger partial charge in [0, 0.05) is 12.1 Å². The van der Waals surface area contributed by atoms with Crippen LogP contribution in [0.25, 0.3) is 0 Å². The predicted molar refractivity (Wildman–Crippen MR) is 66.6 cm³/mol. The number of hydrogen-bond acceptors (Lipinski definition) is 4. The highest BCUT2D eigenvalue weighted by molar-refractivity contribution is 5.31. The molecule has 0 amide bonds. The molecule has 0 fully saturated rings. The van der Waals surface area contributed by atoms with Crippen LogP contribution in [0, 0.1) is 0 Å². The van der Waals surface area contributed by atoms with Crippen molar-refractivity contribution in [3.63, 3.8) is 0 Å². The van der Waals surface area contributed by atoms with Crippen molar-refractivity contribution in [1.82, 2.24) is 20.5 Å². The second-order valence-corrected chi connectivity index (χ2v) is 4.63.